The summed E-state index contributed by atoms with van der Waals surface area (Å²) in [7, 11) is 0. The van der Waals surface area contributed by atoms with Gasteiger partial charge in [-0.2, -0.15) is 0 Å². The fourth-order valence-corrected chi connectivity index (χ4v) is 2.95. The van der Waals surface area contributed by atoms with Gasteiger partial charge in [-0.1, -0.05) is 16.4 Å². The normalized spacial score (nSPS) is 11.2. The number of hydrogen-bond acceptors (Lipinski definition) is 6. The zero-order valence-electron chi connectivity index (χ0n) is 11.3. The monoisotopic (exact) mass is 289 g/mol. The van der Waals surface area contributed by atoms with Gasteiger partial charge in [-0.3, -0.25) is 0 Å². The van der Waals surface area contributed by atoms with Crippen LogP contribution in [0.1, 0.15) is 22.7 Å². The predicted molar refractivity (Wildman–Crippen MR) is 76.3 cm³/mol. The number of hydrogen-bond donors (Lipinski definition) is 1. The summed E-state index contributed by atoms with van der Waals surface area (Å²) in [6, 6.07) is 4.06. The van der Waals surface area contributed by atoms with Gasteiger partial charge in [-0.25, -0.2) is 4.68 Å². The molecule has 6 nitrogen and oxygen atoms in total. The Morgan fingerprint density at radius 2 is 2.25 bits per heavy atom. The first-order valence-corrected chi connectivity index (χ1v) is 7.16. The highest BCUT2D eigenvalue weighted by Crippen LogP contribution is 2.28. The summed E-state index contributed by atoms with van der Waals surface area (Å²) in [5.41, 5.74) is 9.46. The molecule has 0 aromatic carbocycles. The minimum Gasteiger partial charge on any atom is -0.361 e. The molecule has 3 rings (SSSR count). The Kier molecular flexibility index (Phi) is 3.37. The molecular weight excluding hydrogens is 274 g/mol. The summed E-state index contributed by atoms with van der Waals surface area (Å²) in [5, 5.41) is 14.4. The van der Waals surface area contributed by atoms with Crippen molar-refractivity contribution in [2.24, 2.45) is 5.73 Å². The van der Waals surface area contributed by atoms with Crippen molar-refractivity contribution in [2.45, 2.75) is 26.9 Å². The van der Waals surface area contributed by atoms with Crippen molar-refractivity contribution in [1.82, 2.24) is 20.2 Å². The lowest BCUT2D eigenvalue weighted by molar-refractivity contribution is 0.391. The highest BCUT2D eigenvalue weighted by molar-refractivity contribution is 7.13. The molecule has 0 bridgehead atoms. The average molecular weight is 289 g/mol. The molecule has 20 heavy (non-hydrogen) atoms. The standard InChI is InChI=1S/C13H15N5OS/c1-8-10(9(2)19-16-8)7-18-13(11(6-14)15-17-18)12-4-3-5-20-12/h3-5H,6-7,14H2,1-2H3. The smallest absolute Gasteiger partial charge is 0.138 e. The van der Waals surface area contributed by atoms with E-state index in [-0.39, 0.29) is 0 Å². The molecule has 0 aliphatic rings. The Bertz CT molecular complexity index is 694. The van der Waals surface area contributed by atoms with Gasteiger partial charge < -0.3 is 10.3 Å². The van der Waals surface area contributed by atoms with Crippen LogP contribution < -0.4 is 5.73 Å². The molecule has 0 aliphatic carbocycles. The molecule has 0 saturated carbocycles. The zero-order chi connectivity index (χ0) is 14.1. The maximum Gasteiger partial charge on any atom is 0.138 e. The number of aryl methyl sites for hydroxylation is 2. The van der Waals surface area contributed by atoms with Gasteiger partial charge in [0, 0.05) is 12.1 Å². The quantitative estimate of drug-likeness (QED) is 0.795. The van der Waals surface area contributed by atoms with Crippen LogP contribution in [0.2, 0.25) is 0 Å². The highest BCUT2D eigenvalue weighted by Gasteiger charge is 2.18. The molecule has 0 spiro atoms. The van der Waals surface area contributed by atoms with E-state index in [1.807, 2.05) is 36.0 Å². The van der Waals surface area contributed by atoms with Crippen molar-refractivity contribution in [3.05, 3.63) is 40.2 Å². The number of nitrogens with two attached hydrogens (primary N) is 1. The van der Waals surface area contributed by atoms with E-state index in [4.69, 9.17) is 10.3 Å². The Hall–Kier alpha value is -1.99. The maximum absolute atomic E-state index is 5.76. The van der Waals surface area contributed by atoms with Crippen LogP contribution in [-0.4, -0.2) is 20.2 Å². The second kappa shape index (κ2) is 5.18. The van der Waals surface area contributed by atoms with E-state index in [0.29, 0.717) is 13.1 Å². The van der Waals surface area contributed by atoms with Crippen molar-refractivity contribution in [3.63, 3.8) is 0 Å². The van der Waals surface area contributed by atoms with E-state index in [1.165, 1.54) is 0 Å². The molecule has 0 radical (unpaired) electrons. The van der Waals surface area contributed by atoms with Crippen LogP contribution in [0.3, 0.4) is 0 Å². The van der Waals surface area contributed by atoms with Gasteiger partial charge in [-0.05, 0) is 25.3 Å². The van der Waals surface area contributed by atoms with Crippen molar-refractivity contribution in [2.75, 3.05) is 0 Å². The Labute approximate surface area is 120 Å². The molecule has 3 heterocycles. The largest absolute Gasteiger partial charge is 0.361 e. The molecule has 0 fully saturated rings. The van der Waals surface area contributed by atoms with Gasteiger partial charge in [-0.15, -0.1) is 16.4 Å². The summed E-state index contributed by atoms with van der Waals surface area (Å²) in [6.45, 7) is 4.79. The first kappa shape index (κ1) is 13.0. The lowest BCUT2D eigenvalue weighted by Gasteiger charge is -2.05. The first-order chi connectivity index (χ1) is 9.70. The molecule has 7 heteroatoms. The van der Waals surface area contributed by atoms with Gasteiger partial charge in [0.25, 0.3) is 0 Å². The first-order valence-electron chi connectivity index (χ1n) is 6.28. The van der Waals surface area contributed by atoms with Crippen LogP contribution in [0, 0.1) is 13.8 Å². The van der Waals surface area contributed by atoms with E-state index in [9.17, 15) is 0 Å². The maximum atomic E-state index is 5.76. The second-order valence-corrected chi connectivity index (χ2v) is 5.47. The molecule has 0 aliphatic heterocycles. The molecule has 3 aromatic heterocycles. The Balaban J connectivity index is 2.05. The minimum absolute atomic E-state index is 0.370. The fourth-order valence-electron chi connectivity index (χ4n) is 2.16. The molecule has 104 valence electrons. The molecule has 0 amide bonds. The predicted octanol–water partition coefficient (Wildman–Crippen LogP) is 2.12. The average Bonchev–Trinajstić information content (AvgIpc) is 3.14. The molecular formula is C13H15N5OS. The molecule has 0 saturated heterocycles. The third-order valence-electron chi connectivity index (χ3n) is 3.24. The zero-order valence-corrected chi connectivity index (χ0v) is 12.1. The van der Waals surface area contributed by atoms with Crippen LogP contribution in [-0.2, 0) is 13.1 Å². The third-order valence-corrected chi connectivity index (χ3v) is 4.12. The topological polar surface area (TPSA) is 82.8 Å². The lowest BCUT2D eigenvalue weighted by Crippen LogP contribution is -2.06. The van der Waals surface area contributed by atoms with Gasteiger partial charge in [0.15, 0.2) is 0 Å². The van der Waals surface area contributed by atoms with E-state index in [2.05, 4.69) is 15.5 Å². The highest BCUT2D eigenvalue weighted by atomic mass is 32.1. The Morgan fingerprint density at radius 1 is 1.40 bits per heavy atom. The van der Waals surface area contributed by atoms with Crippen LogP contribution in [0.4, 0.5) is 0 Å². The van der Waals surface area contributed by atoms with E-state index in [1.54, 1.807) is 11.3 Å². The summed E-state index contributed by atoms with van der Waals surface area (Å²) in [4.78, 5) is 1.11. The van der Waals surface area contributed by atoms with Crippen LogP contribution in [0.25, 0.3) is 10.6 Å². The van der Waals surface area contributed by atoms with Gasteiger partial charge in [0.2, 0.25) is 0 Å². The summed E-state index contributed by atoms with van der Waals surface area (Å²) in [5.74, 6) is 0.810. The SMILES string of the molecule is Cc1noc(C)c1Cn1nnc(CN)c1-c1cccs1. The number of nitrogens with zero attached hydrogens (tertiary/aromatic N) is 4. The van der Waals surface area contributed by atoms with E-state index >= 15 is 0 Å². The Morgan fingerprint density at radius 3 is 2.85 bits per heavy atom. The number of rotatable bonds is 4. The molecule has 3 aromatic rings. The lowest BCUT2D eigenvalue weighted by atomic mass is 10.2. The number of aromatic nitrogens is 4. The van der Waals surface area contributed by atoms with Crippen molar-refractivity contribution in [1.29, 1.82) is 0 Å². The fraction of sp³-hybridized carbons (Fsp3) is 0.308. The van der Waals surface area contributed by atoms with E-state index in [0.717, 1.165) is 33.3 Å². The second-order valence-electron chi connectivity index (χ2n) is 4.53. The third kappa shape index (κ3) is 2.14. The van der Waals surface area contributed by atoms with Crippen LogP contribution in [0.15, 0.2) is 22.0 Å². The van der Waals surface area contributed by atoms with Crippen LogP contribution in [0.5, 0.6) is 0 Å². The molecule has 2 N–H and O–H groups in total. The van der Waals surface area contributed by atoms with Gasteiger partial charge >= 0.3 is 0 Å². The summed E-state index contributed by atoms with van der Waals surface area (Å²) >= 11 is 1.65. The van der Waals surface area contributed by atoms with Gasteiger partial charge in [0.1, 0.15) is 17.1 Å². The van der Waals surface area contributed by atoms with E-state index < -0.39 is 0 Å². The van der Waals surface area contributed by atoms with Gasteiger partial charge in [0.05, 0.1) is 17.1 Å². The van der Waals surface area contributed by atoms with Crippen LogP contribution >= 0.6 is 11.3 Å². The van der Waals surface area contributed by atoms with Crippen molar-refractivity contribution in [3.8, 4) is 10.6 Å². The minimum atomic E-state index is 0.370. The number of thiophene rings is 1. The van der Waals surface area contributed by atoms with Crippen molar-refractivity contribution < 1.29 is 4.52 Å². The molecule has 0 atom stereocenters. The molecule has 0 unspecified atom stereocenters. The summed E-state index contributed by atoms with van der Waals surface area (Å²) in [6.07, 6.45) is 0. The van der Waals surface area contributed by atoms with Crippen molar-refractivity contribution >= 4 is 11.3 Å². The summed E-state index contributed by atoms with van der Waals surface area (Å²) < 4.78 is 7.06.